The van der Waals surface area contributed by atoms with Crippen LogP contribution >= 0.6 is 11.8 Å². The molecular weight excluding hydrogens is 294 g/mol. The van der Waals surface area contributed by atoms with Crippen LogP contribution < -0.4 is 5.32 Å². The first kappa shape index (κ1) is 17.4. The highest BCUT2D eigenvalue weighted by atomic mass is 32.2. The molecule has 1 atom stereocenters. The lowest BCUT2D eigenvalue weighted by Crippen LogP contribution is -2.43. The van der Waals surface area contributed by atoms with Crippen molar-refractivity contribution in [3.8, 4) is 0 Å². The van der Waals surface area contributed by atoms with E-state index in [1.165, 1.54) is 0 Å². The third-order valence-corrected chi connectivity index (χ3v) is 3.45. The Labute approximate surface area is 128 Å². The third kappa shape index (κ3) is 7.65. The number of thioether (sulfide) groups is 1. The maximum atomic E-state index is 11.6. The second-order valence-corrected chi connectivity index (χ2v) is 6.62. The summed E-state index contributed by atoms with van der Waals surface area (Å²) in [7, 11) is 0. The van der Waals surface area contributed by atoms with E-state index in [1.807, 2.05) is 6.07 Å². The van der Waals surface area contributed by atoms with Crippen molar-refractivity contribution >= 4 is 23.8 Å². The molecule has 0 spiro atoms. The number of hydrogen-bond donors (Lipinski definition) is 2. The SMILES string of the molecule is CC(C)(C)OC(=O)NC(CCSCc1ccoc1)C(=O)O. The van der Waals surface area contributed by atoms with Crippen LogP contribution in [0.25, 0.3) is 0 Å². The molecular formula is C14H21NO5S. The predicted octanol–water partition coefficient (Wildman–Crippen LogP) is 2.88. The van der Waals surface area contributed by atoms with Gasteiger partial charge in [0, 0.05) is 11.3 Å². The Bertz CT molecular complexity index is 452. The van der Waals surface area contributed by atoms with Gasteiger partial charge in [0.1, 0.15) is 11.6 Å². The van der Waals surface area contributed by atoms with Gasteiger partial charge in [0.2, 0.25) is 0 Å². The topological polar surface area (TPSA) is 88.8 Å². The molecule has 0 bridgehead atoms. The number of alkyl carbamates (subject to hydrolysis) is 1. The van der Waals surface area contributed by atoms with Gasteiger partial charge < -0.3 is 19.6 Å². The molecule has 0 aromatic carbocycles. The summed E-state index contributed by atoms with van der Waals surface area (Å²) < 4.78 is 10.00. The summed E-state index contributed by atoms with van der Waals surface area (Å²) in [5, 5.41) is 11.5. The largest absolute Gasteiger partial charge is 0.480 e. The van der Waals surface area contributed by atoms with Gasteiger partial charge in [-0.25, -0.2) is 9.59 Å². The molecule has 1 heterocycles. The van der Waals surface area contributed by atoms with Crippen LogP contribution in [0.5, 0.6) is 0 Å². The molecule has 0 radical (unpaired) electrons. The molecule has 1 unspecified atom stereocenters. The number of carboxylic acids is 1. The van der Waals surface area contributed by atoms with Crippen LogP contribution in [-0.2, 0) is 15.3 Å². The average molecular weight is 315 g/mol. The number of carboxylic acid groups (broad SMARTS) is 1. The van der Waals surface area contributed by atoms with Gasteiger partial charge in [-0.2, -0.15) is 11.8 Å². The van der Waals surface area contributed by atoms with Gasteiger partial charge in [-0.1, -0.05) is 0 Å². The highest BCUT2D eigenvalue weighted by Crippen LogP contribution is 2.14. The van der Waals surface area contributed by atoms with Crippen LogP contribution in [0, 0.1) is 0 Å². The van der Waals surface area contributed by atoms with E-state index in [4.69, 9.17) is 14.3 Å². The first-order valence-corrected chi connectivity index (χ1v) is 7.74. The molecule has 1 amide bonds. The van der Waals surface area contributed by atoms with E-state index in [0.717, 1.165) is 11.3 Å². The van der Waals surface area contributed by atoms with Crippen molar-refractivity contribution in [3.05, 3.63) is 24.2 Å². The lowest BCUT2D eigenvalue weighted by molar-refractivity contribution is -0.139. The molecule has 0 saturated heterocycles. The zero-order chi connectivity index (χ0) is 15.9. The second-order valence-electron chi connectivity index (χ2n) is 5.51. The van der Waals surface area contributed by atoms with Gasteiger partial charge >= 0.3 is 12.1 Å². The van der Waals surface area contributed by atoms with Crippen molar-refractivity contribution in [2.45, 2.75) is 44.6 Å². The van der Waals surface area contributed by atoms with Gasteiger partial charge in [-0.3, -0.25) is 0 Å². The molecule has 0 aliphatic heterocycles. The quantitative estimate of drug-likeness (QED) is 0.752. The van der Waals surface area contributed by atoms with Crippen molar-refractivity contribution in [2.24, 2.45) is 0 Å². The molecule has 6 nitrogen and oxygen atoms in total. The summed E-state index contributed by atoms with van der Waals surface area (Å²) in [5.41, 5.74) is 0.398. The lowest BCUT2D eigenvalue weighted by Gasteiger charge is -2.21. The summed E-state index contributed by atoms with van der Waals surface area (Å²) in [6.07, 6.45) is 2.87. The number of nitrogens with one attached hydrogen (secondary N) is 1. The Hall–Kier alpha value is -1.63. The molecule has 0 saturated carbocycles. The summed E-state index contributed by atoms with van der Waals surface area (Å²) in [6.45, 7) is 5.18. The Balaban J connectivity index is 2.32. The molecule has 118 valence electrons. The van der Waals surface area contributed by atoms with E-state index < -0.39 is 23.7 Å². The Morgan fingerprint density at radius 3 is 2.71 bits per heavy atom. The zero-order valence-electron chi connectivity index (χ0n) is 12.4. The highest BCUT2D eigenvalue weighted by molar-refractivity contribution is 7.98. The number of amides is 1. The molecule has 1 rings (SSSR count). The first-order valence-electron chi connectivity index (χ1n) is 6.59. The van der Waals surface area contributed by atoms with Crippen LogP contribution in [0.15, 0.2) is 23.0 Å². The van der Waals surface area contributed by atoms with Gasteiger partial charge in [-0.05, 0) is 39.0 Å². The molecule has 21 heavy (non-hydrogen) atoms. The number of aliphatic carboxylic acids is 1. The Morgan fingerprint density at radius 2 is 2.19 bits per heavy atom. The first-order chi connectivity index (χ1) is 9.78. The zero-order valence-corrected chi connectivity index (χ0v) is 13.2. The Kier molecular flexibility index (Phi) is 6.61. The fourth-order valence-corrected chi connectivity index (χ4v) is 2.42. The summed E-state index contributed by atoms with van der Waals surface area (Å²) in [4.78, 5) is 22.7. The highest BCUT2D eigenvalue weighted by Gasteiger charge is 2.23. The van der Waals surface area contributed by atoms with Gasteiger partial charge in [0.25, 0.3) is 0 Å². The number of carbonyl (C=O) groups excluding carboxylic acids is 1. The summed E-state index contributed by atoms with van der Waals surface area (Å²) >= 11 is 1.58. The normalized spacial score (nSPS) is 12.7. The van der Waals surface area contributed by atoms with Gasteiger partial charge in [0.15, 0.2) is 0 Å². The number of hydrogen-bond acceptors (Lipinski definition) is 5. The van der Waals surface area contributed by atoms with Crippen molar-refractivity contribution in [1.82, 2.24) is 5.32 Å². The molecule has 1 aromatic heterocycles. The van der Waals surface area contributed by atoms with Crippen LogP contribution in [0.2, 0.25) is 0 Å². The lowest BCUT2D eigenvalue weighted by atomic mass is 10.2. The fraction of sp³-hybridized carbons (Fsp3) is 0.571. The third-order valence-electron chi connectivity index (χ3n) is 2.39. The van der Waals surface area contributed by atoms with E-state index in [9.17, 15) is 9.59 Å². The van der Waals surface area contributed by atoms with Crippen molar-refractivity contribution in [2.75, 3.05) is 5.75 Å². The standard InChI is InChI=1S/C14H21NO5S/c1-14(2,3)20-13(18)15-11(12(16)17)5-7-21-9-10-4-6-19-8-10/h4,6,8,11H,5,7,9H2,1-3H3,(H,15,18)(H,16,17). The van der Waals surface area contributed by atoms with Crippen molar-refractivity contribution < 1.29 is 23.8 Å². The van der Waals surface area contributed by atoms with E-state index in [2.05, 4.69) is 5.32 Å². The minimum Gasteiger partial charge on any atom is -0.480 e. The molecule has 0 fully saturated rings. The molecule has 7 heteroatoms. The number of ether oxygens (including phenoxy) is 1. The van der Waals surface area contributed by atoms with Crippen LogP contribution in [0.3, 0.4) is 0 Å². The minimum absolute atomic E-state index is 0.330. The number of rotatable bonds is 7. The predicted molar refractivity (Wildman–Crippen MR) is 80.3 cm³/mol. The monoisotopic (exact) mass is 315 g/mol. The number of furan rings is 1. The Morgan fingerprint density at radius 1 is 1.48 bits per heavy atom. The summed E-state index contributed by atoms with van der Waals surface area (Å²) in [6, 6.07) is 0.914. The van der Waals surface area contributed by atoms with Crippen LogP contribution in [0.4, 0.5) is 4.79 Å². The maximum Gasteiger partial charge on any atom is 0.408 e. The van der Waals surface area contributed by atoms with Gasteiger partial charge in [-0.15, -0.1) is 0 Å². The maximum absolute atomic E-state index is 11.6. The van der Waals surface area contributed by atoms with E-state index >= 15 is 0 Å². The van der Waals surface area contributed by atoms with E-state index in [-0.39, 0.29) is 0 Å². The number of carbonyl (C=O) groups is 2. The molecule has 0 aliphatic carbocycles. The van der Waals surface area contributed by atoms with E-state index in [1.54, 1.807) is 45.1 Å². The van der Waals surface area contributed by atoms with Crippen molar-refractivity contribution in [1.29, 1.82) is 0 Å². The summed E-state index contributed by atoms with van der Waals surface area (Å²) in [5.74, 6) is 0.289. The minimum atomic E-state index is -1.07. The van der Waals surface area contributed by atoms with Crippen LogP contribution in [-0.4, -0.2) is 34.6 Å². The van der Waals surface area contributed by atoms with Crippen LogP contribution in [0.1, 0.15) is 32.8 Å². The molecule has 1 aromatic rings. The smallest absolute Gasteiger partial charge is 0.408 e. The molecule has 2 N–H and O–H groups in total. The molecule has 0 aliphatic rings. The average Bonchev–Trinajstić information content (AvgIpc) is 2.83. The van der Waals surface area contributed by atoms with Crippen molar-refractivity contribution in [3.63, 3.8) is 0 Å². The second kappa shape index (κ2) is 7.97. The fourth-order valence-electron chi connectivity index (χ4n) is 1.47. The van der Waals surface area contributed by atoms with Gasteiger partial charge in [0.05, 0.1) is 12.5 Å². The van der Waals surface area contributed by atoms with E-state index in [0.29, 0.717) is 12.2 Å².